The summed E-state index contributed by atoms with van der Waals surface area (Å²) in [7, 11) is 0. The fourth-order valence-corrected chi connectivity index (χ4v) is 1.94. The van der Waals surface area contributed by atoms with E-state index in [-0.39, 0.29) is 17.4 Å². The summed E-state index contributed by atoms with van der Waals surface area (Å²) in [5, 5.41) is 9.03. The molecule has 1 saturated heterocycles. The van der Waals surface area contributed by atoms with Gasteiger partial charge in [0.15, 0.2) is 0 Å². The van der Waals surface area contributed by atoms with Crippen LogP contribution >= 0.6 is 0 Å². The Hall–Kier alpha value is -1.52. The smallest absolute Gasteiger partial charge is 0.242 e. The lowest BCUT2D eigenvalue weighted by Crippen LogP contribution is -2.53. The Morgan fingerprint density at radius 1 is 1.47 bits per heavy atom. The highest BCUT2D eigenvalue weighted by molar-refractivity contribution is 5.84. The molecule has 0 aromatic rings. The van der Waals surface area contributed by atoms with Crippen LogP contribution in [0.3, 0.4) is 0 Å². The second-order valence-corrected chi connectivity index (χ2v) is 5.49. The molecule has 4 heteroatoms. The molecule has 2 N–H and O–H groups in total. The topological polar surface area (TPSA) is 70.1 Å². The van der Waals surface area contributed by atoms with Crippen molar-refractivity contribution in [3.8, 4) is 18.4 Å². The summed E-state index contributed by atoms with van der Waals surface area (Å²) in [5.74, 6) is 2.35. The van der Waals surface area contributed by atoms with E-state index in [0.717, 1.165) is 0 Å². The SMILES string of the molecule is C#C[C@H]1CC[C@@H](C#N)N1C(=O)[C@@H](N)C(C)(C)C. The summed E-state index contributed by atoms with van der Waals surface area (Å²) in [6.45, 7) is 5.70. The van der Waals surface area contributed by atoms with Gasteiger partial charge in [-0.3, -0.25) is 4.79 Å². The largest absolute Gasteiger partial charge is 0.319 e. The number of nitriles is 1. The minimum Gasteiger partial charge on any atom is -0.319 e. The summed E-state index contributed by atoms with van der Waals surface area (Å²) >= 11 is 0. The van der Waals surface area contributed by atoms with Crippen molar-refractivity contribution in [2.75, 3.05) is 0 Å². The molecule has 0 unspecified atom stereocenters. The van der Waals surface area contributed by atoms with Crippen LogP contribution in [0.5, 0.6) is 0 Å². The summed E-state index contributed by atoms with van der Waals surface area (Å²) in [5.41, 5.74) is 5.60. The van der Waals surface area contributed by atoms with Gasteiger partial charge in [-0.1, -0.05) is 26.7 Å². The Labute approximate surface area is 103 Å². The summed E-state index contributed by atoms with van der Waals surface area (Å²) < 4.78 is 0. The number of terminal acetylenes is 1. The highest BCUT2D eigenvalue weighted by Crippen LogP contribution is 2.27. The normalized spacial score (nSPS) is 26.1. The van der Waals surface area contributed by atoms with Crippen molar-refractivity contribution < 1.29 is 4.79 Å². The molecule has 1 aliphatic rings. The average molecular weight is 233 g/mol. The van der Waals surface area contributed by atoms with Crippen LogP contribution in [0.4, 0.5) is 0 Å². The molecule has 0 aliphatic carbocycles. The minimum absolute atomic E-state index is 0.218. The molecule has 0 bridgehead atoms. The van der Waals surface area contributed by atoms with Crippen LogP contribution in [0.25, 0.3) is 0 Å². The van der Waals surface area contributed by atoms with Gasteiger partial charge in [-0.25, -0.2) is 0 Å². The fraction of sp³-hybridized carbons (Fsp3) is 0.692. The molecule has 1 rings (SSSR count). The van der Waals surface area contributed by atoms with Gasteiger partial charge < -0.3 is 10.6 Å². The van der Waals surface area contributed by atoms with E-state index < -0.39 is 12.1 Å². The number of carbonyl (C=O) groups excluding carboxylic acids is 1. The maximum absolute atomic E-state index is 12.3. The molecule has 1 amide bonds. The van der Waals surface area contributed by atoms with Crippen LogP contribution in [0, 0.1) is 29.1 Å². The molecule has 17 heavy (non-hydrogen) atoms. The van der Waals surface area contributed by atoms with Crippen molar-refractivity contribution >= 4 is 5.91 Å². The lowest BCUT2D eigenvalue weighted by Gasteiger charge is -2.33. The molecule has 1 heterocycles. The second-order valence-electron chi connectivity index (χ2n) is 5.49. The Morgan fingerprint density at radius 2 is 2.00 bits per heavy atom. The maximum Gasteiger partial charge on any atom is 0.242 e. The van der Waals surface area contributed by atoms with Gasteiger partial charge in [0.1, 0.15) is 6.04 Å². The van der Waals surface area contributed by atoms with Gasteiger partial charge in [0.25, 0.3) is 0 Å². The van der Waals surface area contributed by atoms with Crippen LogP contribution in [0.2, 0.25) is 0 Å². The number of rotatable bonds is 1. The Kier molecular flexibility index (Phi) is 3.80. The van der Waals surface area contributed by atoms with Crippen LogP contribution in [-0.4, -0.2) is 28.9 Å². The molecule has 0 aromatic heterocycles. The summed E-state index contributed by atoms with van der Waals surface area (Å²) in [4.78, 5) is 13.8. The maximum atomic E-state index is 12.3. The molecule has 1 fully saturated rings. The predicted molar refractivity (Wildman–Crippen MR) is 65.5 cm³/mol. The number of hydrogen-bond donors (Lipinski definition) is 1. The third-order valence-electron chi connectivity index (χ3n) is 3.18. The number of amides is 1. The highest BCUT2D eigenvalue weighted by atomic mass is 16.2. The number of hydrogen-bond acceptors (Lipinski definition) is 3. The van der Waals surface area contributed by atoms with Crippen molar-refractivity contribution in [2.24, 2.45) is 11.1 Å². The zero-order valence-electron chi connectivity index (χ0n) is 10.6. The van der Waals surface area contributed by atoms with Gasteiger partial charge in [-0.2, -0.15) is 5.26 Å². The molecule has 4 nitrogen and oxygen atoms in total. The average Bonchev–Trinajstić information content (AvgIpc) is 2.68. The minimum atomic E-state index is -0.632. The molecule has 0 radical (unpaired) electrons. The lowest BCUT2D eigenvalue weighted by molar-refractivity contribution is -0.136. The quantitative estimate of drug-likeness (QED) is 0.683. The van der Waals surface area contributed by atoms with E-state index in [4.69, 9.17) is 17.4 Å². The van der Waals surface area contributed by atoms with E-state index >= 15 is 0 Å². The number of nitrogens with two attached hydrogens (primary N) is 1. The van der Waals surface area contributed by atoms with Gasteiger partial charge >= 0.3 is 0 Å². The van der Waals surface area contributed by atoms with E-state index in [1.165, 1.54) is 4.90 Å². The van der Waals surface area contributed by atoms with E-state index in [9.17, 15) is 4.79 Å². The third-order valence-corrected chi connectivity index (χ3v) is 3.18. The first-order valence-electron chi connectivity index (χ1n) is 5.76. The first-order chi connectivity index (χ1) is 7.82. The van der Waals surface area contributed by atoms with E-state index in [0.29, 0.717) is 12.8 Å². The third kappa shape index (κ3) is 2.60. The van der Waals surface area contributed by atoms with Gasteiger partial charge in [0.05, 0.1) is 18.2 Å². The first kappa shape index (κ1) is 13.5. The molecule has 0 aromatic carbocycles. The molecular formula is C13H19N3O. The van der Waals surface area contributed by atoms with Crippen molar-refractivity contribution in [3.05, 3.63) is 0 Å². The van der Waals surface area contributed by atoms with Crippen LogP contribution in [0.15, 0.2) is 0 Å². The number of likely N-dealkylation sites (tertiary alicyclic amines) is 1. The highest BCUT2D eigenvalue weighted by Gasteiger charge is 2.41. The molecule has 3 atom stereocenters. The molecular weight excluding hydrogens is 214 g/mol. The van der Waals surface area contributed by atoms with Gasteiger partial charge in [-0.15, -0.1) is 6.42 Å². The Bertz CT molecular complexity index is 361. The Balaban J connectivity index is 2.94. The zero-order valence-corrected chi connectivity index (χ0v) is 10.6. The first-order valence-corrected chi connectivity index (χ1v) is 5.76. The summed E-state index contributed by atoms with van der Waals surface area (Å²) in [6, 6.07) is 0.763. The van der Waals surface area contributed by atoms with Crippen LogP contribution in [-0.2, 0) is 4.79 Å². The van der Waals surface area contributed by atoms with Gasteiger partial charge in [0, 0.05) is 0 Å². The summed E-state index contributed by atoms with van der Waals surface area (Å²) in [6.07, 6.45) is 6.70. The van der Waals surface area contributed by atoms with E-state index in [2.05, 4.69) is 12.0 Å². The van der Waals surface area contributed by atoms with Gasteiger partial charge in [-0.05, 0) is 18.3 Å². The molecule has 0 saturated carbocycles. The van der Waals surface area contributed by atoms with Crippen molar-refractivity contribution in [2.45, 2.75) is 51.7 Å². The second kappa shape index (κ2) is 4.77. The van der Waals surface area contributed by atoms with Crippen LogP contribution < -0.4 is 5.73 Å². The number of carbonyl (C=O) groups is 1. The molecule has 92 valence electrons. The van der Waals surface area contributed by atoms with Crippen molar-refractivity contribution in [1.82, 2.24) is 4.90 Å². The number of nitrogens with zero attached hydrogens (tertiary/aromatic N) is 2. The van der Waals surface area contributed by atoms with Crippen LogP contribution in [0.1, 0.15) is 33.6 Å². The zero-order chi connectivity index (χ0) is 13.2. The monoisotopic (exact) mass is 233 g/mol. The van der Waals surface area contributed by atoms with Crippen molar-refractivity contribution in [3.63, 3.8) is 0 Å². The van der Waals surface area contributed by atoms with Crippen molar-refractivity contribution in [1.29, 1.82) is 5.26 Å². The Morgan fingerprint density at radius 3 is 2.41 bits per heavy atom. The lowest BCUT2D eigenvalue weighted by atomic mass is 9.86. The standard InChI is InChI=1S/C13H19N3O/c1-5-9-6-7-10(8-14)16(9)12(17)11(15)13(2,3)4/h1,9-11H,6-7,15H2,2-4H3/t9-,10-,11+/m0/s1. The van der Waals surface area contributed by atoms with Gasteiger partial charge in [0.2, 0.25) is 5.91 Å². The molecule has 1 aliphatic heterocycles. The van der Waals surface area contributed by atoms with E-state index in [1.54, 1.807) is 0 Å². The predicted octanol–water partition coefficient (Wildman–Crippen LogP) is 0.876. The molecule has 0 spiro atoms. The van der Waals surface area contributed by atoms with E-state index in [1.807, 2.05) is 20.8 Å². The fourth-order valence-electron chi connectivity index (χ4n) is 1.94.